The van der Waals surface area contributed by atoms with E-state index in [9.17, 15) is 5.11 Å². The summed E-state index contributed by atoms with van der Waals surface area (Å²) in [6.07, 6.45) is 4.75. The van der Waals surface area contributed by atoms with E-state index in [1.807, 2.05) is 12.1 Å². The molecule has 3 rings (SSSR count). The summed E-state index contributed by atoms with van der Waals surface area (Å²) in [7, 11) is 0. The maximum atomic E-state index is 9.74. The quantitative estimate of drug-likeness (QED) is 0.754. The Balaban J connectivity index is 1.83. The lowest BCUT2D eigenvalue weighted by atomic mass is 9.86. The van der Waals surface area contributed by atoms with Crippen molar-refractivity contribution in [3.8, 4) is 5.75 Å². The van der Waals surface area contributed by atoms with Crippen LogP contribution in [-0.4, -0.2) is 29.1 Å². The summed E-state index contributed by atoms with van der Waals surface area (Å²) in [5.74, 6) is 0.495. The second-order valence-electron chi connectivity index (χ2n) is 4.70. The highest BCUT2D eigenvalue weighted by Crippen LogP contribution is 2.31. The molecule has 2 aliphatic rings. The van der Waals surface area contributed by atoms with Gasteiger partial charge in [0.2, 0.25) is 0 Å². The molecule has 1 atom stereocenters. The van der Waals surface area contributed by atoms with Crippen molar-refractivity contribution in [2.45, 2.75) is 31.7 Å². The van der Waals surface area contributed by atoms with Crippen molar-refractivity contribution in [1.29, 1.82) is 0 Å². The molecule has 1 aliphatic heterocycles. The Morgan fingerprint density at radius 3 is 2.87 bits per heavy atom. The normalized spacial score (nSPS) is 25.7. The van der Waals surface area contributed by atoms with Crippen molar-refractivity contribution in [1.82, 2.24) is 4.90 Å². The van der Waals surface area contributed by atoms with Gasteiger partial charge in [0.1, 0.15) is 5.75 Å². The fraction of sp³-hybridized carbons (Fsp3) is 0.538. The molecule has 0 radical (unpaired) electrons. The summed E-state index contributed by atoms with van der Waals surface area (Å²) in [4.78, 5) is 2.58. The van der Waals surface area contributed by atoms with Crippen LogP contribution in [0.2, 0.25) is 0 Å². The molecule has 0 spiro atoms. The highest BCUT2D eigenvalue weighted by molar-refractivity contribution is 5.41. The predicted octanol–water partition coefficient (Wildman–Crippen LogP) is 1.96. The number of rotatable bonds is 1. The van der Waals surface area contributed by atoms with Gasteiger partial charge in [-0.3, -0.25) is 4.90 Å². The largest absolute Gasteiger partial charge is 0.508 e. The number of hydrogen-bond donors (Lipinski definition) is 1. The summed E-state index contributed by atoms with van der Waals surface area (Å²) in [6, 6.07) is 6.67. The van der Waals surface area contributed by atoms with Gasteiger partial charge in [0, 0.05) is 6.04 Å². The minimum absolute atomic E-state index is 0.495. The molecule has 1 aromatic rings. The molecule has 0 amide bonds. The smallest absolute Gasteiger partial charge is 0.119 e. The SMILES string of the molecule is Oc1cccc2c1CCC(N1CCC1)C2. The Bertz CT molecular complexity index is 371. The second-order valence-corrected chi connectivity index (χ2v) is 4.70. The lowest BCUT2D eigenvalue weighted by Crippen LogP contribution is -2.47. The van der Waals surface area contributed by atoms with Gasteiger partial charge in [-0.25, -0.2) is 0 Å². The Kier molecular flexibility index (Phi) is 2.17. The van der Waals surface area contributed by atoms with Crippen LogP contribution >= 0.6 is 0 Å². The van der Waals surface area contributed by atoms with Crippen molar-refractivity contribution < 1.29 is 5.11 Å². The van der Waals surface area contributed by atoms with E-state index in [4.69, 9.17) is 0 Å². The van der Waals surface area contributed by atoms with Gasteiger partial charge < -0.3 is 5.11 Å². The van der Waals surface area contributed by atoms with Crippen molar-refractivity contribution in [3.63, 3.8) is 0 Å². The average Bonchev–Trinajstić information content (AvgIpc) is 2.15. The van der Waals surface area contributed by atoms with Gasteiger partial charge in [-0.05, 0) is 56.0 Å². The predicted molar refractivity (Wildman–Crippen MR) is 60.1 cm³/mol. The second kappa shape index (κ2) is 3.53. The third-order valence-corrected chi connectivity index (χ3v) is 3.84. The van der Waals surface area contributed by atoms with Crippen LogP contribution in [0, 0.1) is 0 Å². The summed E-state index contributed by atoms with van der Waals surface area (Å²) in [5, 5.41) is 9.74. The van der Waals surface area contributed by atoms with E-state index in [0.29, 0.717) is 5.75 Å². The van der Waals surface area contributed by atoms with Gasteiger partial charge in [-0.15, -0.1) is 0 Å². The molecule has 1 aromatic carbocycles. The summed E-state index contributed by atoms with van der Waals surface area (Å²) in [5.41, 5.74) is 2.55. The van der Waals surface area contributed by atoms with Gasteiger partial charge in [0.05, 0.1) is 0 Å². The molecule has 1 aliphatic carbocycles. The molecule has 0 bridgehead atoms. The van der Waals surface area contributed by atoms with Crippen LogP contribution in [0.4, 0.5) is 0 Å². The minimum Gasteiger partial charge on any atom is -0.508 e. The maximum absolute atomic E-state index is 9.74. The molecule has 80 valence electrons. The molecule has 1 saturated heterocycles. The van der Waals surface area contributed by atoms with E-state index in [0.717, 1.165) is 18.9 Å². The Labute approximate surface area is 90.5 Å². The van der Waals surface area contributed by atoms with Crippen LogP contribution in [0.1, 0.15) is 24.0 Å². The van der Waals surface area contributed by atoms with Gasteiger partial charge in [0.15, 0.2) is 0 Å². The fourth-order valence-electron chi connectivity index (χ4n) is 2.79. The molecule has 15 heavy (non-hydrogen) atoms. The van der Waals surface area contributed by atoms with Crippen molar-refractivity contribution in [2.24, 2.45) is 0 Å². The van der Waals surface area contributed by atoms with Gasteiger partial charge in [-0.2, -0.15) is 0 Å². The molecule has 0 aromatic heterocycles. The molecule has 1 heterocycles. The lowest BCUT2D eigenvalue weighted by molar-refractivity contribution is 0.107. The first kappa shape index (κ1) is 9.22. The molecular formula is C13H17NO. The van der Waals surface area contributed by atoms with Crippen LogP contribution in [0.5, 0.6) is 5.75 Å². The molecule has 1 fully saturated rings. The topological polar surface area (TPSA) is 23.5 Å². The number of phenolic OH excluding ortho intramolecular Hbond substituents is 1. The van der Waals surface area contributed by atoms with Crippen LogP contribution in [0.25, 0.3) is 0 Å². The molecule has 1 N–H and O–H groups in total. The first-order chi connectivity index (χ1) is 7.34. The number of likely N-dealkylation sites (tertiary alicyclic amines) is 1. The van der Waals surface area contributed by atoms with Crippen molar-refractivity contribution >= 4 is 0 Å². The first-order valence-electron chi connectivity index (χ1n) is 5.88. The summed E-state index contributed by atoms with van der Waals surface area (Å²) in [6.45, 7) is 2.55. The highest BCUT2D eigenvalue weighted by Gasteiger charge is 2.28. The summed E-state index contributed by atoms with van der Waals surface area (Å²) < 4.78 is 0. The Morgan fingerprint density at radius 1 is 1.27 bits per heavy atom. The Morgan fingerprint density at radius 2 is 2.13 bits per heavy atom. The maximum Gasteiger partial charge on any atom is 0.119 e. The van der Waals surface area contributed by atoms with E-state index in [1.54, 1.807) is 0 Å². The van der Waals surface area contributed by atoms with Crippen molar-refractivity contribution in [3.05, 3.63) is 29.3 Å². The van der Waals surface area contributed by atoms with Gasteiger partial charge >= 0.3 is 0 Å². The van der Waals surface area contributed by atoms with E-state index in [1.165, 1.54) is 37.1 Å². The summed E-state index contributed by atoms with van der Waals surface area (Å²) >= 11 is 0. The van der Waals surface area contributed by atoms with E-state index in [-0.39, 0.29) is 0 Å². The molecule has 2 heteroatoms. The van der Waals surface area contributed by atoms with Gasteiger partial charge in [-0.1, -0.05) is 12.1 Å². The zero-order valence-corrected chi connectivity index (χ0v) is 8.95. The highest BCUT2D eigenvalue weighted by atomic mass is 16.3. The van der Waals surface area contributed by atoms with Crippen LogP contribution in [0.15, 0.2) is 18.2 Å². The van der Waals surface area contributed by atoms with Crippen LogP contribution in [0.3, 0.4) is 0 Å². The molecular weight excluding hydrogens is 186 g/mol. The monoisotopic (exact) mass is 203 g/mol. The number of nitrogens with zero attached hydrogens (tertiary/aromatic N) is 1. The standard InChI is InChI=1S/C13H17NO/c15-13-4-1-3-10-9-11(5-6-12(10)13)14-7-2-8-14/h1,3-4,11,15H,2,5-9H2. The number of fused-ring (bicyclic) bond motifs is 1. The zero-order chi connectivity index (χ0) is 10.3. The molecule has 2 nitrogen and oxygen atoms in total. The number of hydrogen-bond acceptors (Lipinski definition) is 2. The Hall–Kier alpha value is -1.02. The zero-order valence-electron chi connectivity index (χ0n) is 8.95. The number of benzene rings is 1. The number of phenols is 1. The third-order valence-electron chi connectivity index (χ3n) is 3.84. The fourth-order valence-corrected chi connectivity index (χ4v) is 2.79. The number of aromatic hydroxyl groups is 1. The van der Waals surface area contributed by atoms with Gasteiger partial charge in [0.25, 0.3) is 0 Å². The molecule has 0 saturated carbocycles. The van der Waals surface area contributed by atoms with Crippen LogP contribution < -0.4 is 0 Å². The third kappa shape index (κ3) is 1.53. The molecule has 1 unspecified atom stereocenters. The van der Waals surface area contributed by atoms with Crippen LogP contribution in [-0.2, 0) is 12.8 Å². The minimum atomic E-state index is 0.495. The first-order valence-corrected chi connectivity index (χ1v) is 5.88. The lowest BCUT2D eigenvalue weighted by Gasteiger charge is -2.40. The average molecular weight is 203 g/mol. The van der Waals surface area contributed by atoms with E-state index >= 15 is 0 Å². The van der Waals surface area contributed by atoms with E-state index in [2.05, 4.69) is 11.0 Å². The van der Waals surface area contributed by atoms with Crippen molar-refractivity contribution in [2.75, 3.05) is 13.1 Å². The van der Waals surface area contributed by atoms with E-state index < -0.39 is 0 Å².